The Hall–Kier alpha value is -1.99. The van der Waals surface area contributed by atoms with Crippen molar-refractivity contribution in [3.05, 3.63) is 49.1 Å². The van der Waals surface area contributed by atoms with Crippen LogP contribution in [0.25, 0.3) is 0 Å². The van der Waals surface area contributed by atoms with Gasteiger partial charge in [0.15, 0.2) is 0 Å². The van der Waals surface area contributed by atoms with Crippen LogP contribution in [-0.4, -0.2) is 41.9 Å². The van der Waals surface area contributed by atoms with Gasteiger partial charge in [-0.25, -0.2) is 8.42 Å². The van der Waals surface area contributed by atoms with Crippen molar-refractivity contribution in [3.8, 4) is 5.75 Å². The molecule has 0 atom stereocenters. The molecule has 0 bridgehead atoms. The van der Waals surface area contributed by atoms with Crippen molar-refractivity contribution in [1.29, 1.82) is 0 Å². The van der Waals surface area contributed by atoms with Crippen molar-refractivity contribution in [2.75, 3.05) is 13.1 Å². The van der Waals surface area contributed by atoms with Gasteiger partial charge in [0.05, 0.1) is 19.3 Å². The maximum absolute atomic E-state index is 12.2. The SMILES string of the molecule is O=S(=O)(c1cccnc1)N1CC(Oc2cccnc2)C1. The molecule has 0 aliphatic carbocycles. The molecule has 2 aromatic heterocycles. The zero-order chi connectivity index (χ0) is 14.0. The Morgan fingerprint density at radius 1 is 1.10 bits per heavy atom. The Kier molecular flexibility index (Phi) is 3.37. The monoisotopic (exact) mass is 291 g/mol. The number of pyridine rings is 2. The lowest BCUT2D eigenvalue weighted by atomic mass is 10.2. The van der Waals surface area contributed by atoms with Crippen molar-refractivity contribution in [2.24, 2.45) is 0 Å². The minimum atomic E-state index is -3.45. The molecule has 3 rings (SSSR count). The van der Waals surface area contributed by atoms with Gasteiger partial charge in [0, 0.05) is 18.6 Å². The first-order chi connectivity index (χ1) is 9.66. The fourth-order valence-electron chi connectivity index (χ4n) is 1.93. The summed E-state index contributed by atoms with van der Waals surface area (Å²) in [5.41, 5.74) is 0. The average Bonchev–Trinajstić information content (AvgIpc) is 2.44. The summed E-state index contributed by atoms with van der Waals surface area (Å²) < 4.78 is 31.5. The molecule has 1 aliphatic rings. The average molecular weight is 291 g/mol. The molecule has 0 radical (unpaired) electrons. The number of nitrogens with zero attached hydrogens (tertiary/aromatic N) is 3. The number of hydrogen-bond acceptors (Lipinski definition) is 5. The number of aromatic nitrogens is 2. The molecule has 0 amide bonds. The smallest absolute Gasteiger partial charge is 0.244 e. The summed E-state index contributed by atoms with van der Waals surface area (Å²) in [6.45, 7) is 0.679. The van der Waals surface area contributed by atoms with Gasteiger partial charge in [-0.05, 0) is 24.3 Å². The molecule has 1 saturated heterocycles. The largest absolute Gasteiger partial charge is 0.486 e. The lowest BCUT2D eigenvalue weighted by Gasteiger charge is -2.37. The topological polar surface area (TPSA) is 72.4 Å². The van der Waals surface area contributed by atoms with Crippen LogP contribution < -0.4 is 4.74 Å². The van der Waals surface area contributed by atoms with Crippen LogP contribution in [0.2, 0.25) is 0 Å². The van der Waals surface area contributed by atoms with E-state index in [1.807, 2.05) is 0 Å². The molecule has 2 aromatic rings. The first-order valence-electron chi connectivity index (χ1n) is 6.13. The van der Waals surface area contributed by atoms with E-state index in [0.717, 1.165) is 0 Å². The predicted molar refractivity (Wildman–Crippen MR) is 71.6 cm³/mol. The van der Waals surface area contributed by atoms with E-state index in [2.05, 4.69) is 9.97 Å². The molecule has 7 heteroatoms. The summed E-state index contributed by atoms with van der Waals surface area (Å²) in [6, 6.07) is 6.72. The van der Waals surface area contributed by atoms with Crippen LogP contribution in [0.4, 0.5) is 0 Å². The van der Waals surface area contributed by atoms with Crippen LogP contribution in [0.5, 0.6) is 5.75 Å². The quantitative estimate of drug-likeness (QED) is 0.838. The molecule has 6 nitrogen and oxygen atoms in total. The molecular formula is C13H13N3O3S. The van der Waals surface area contributed by atoms with E-state index in [0.29, 0.717) is 18.8 Å². The highest BCUT2D eigenvalue weighted by Crippen LogP contribution is 2.23. The van der Waals surface area contributed by atoms with Crippen molar-refractivity contribution in [3.63, 3.8) is 0 Å². The molecule has 20 heavy (non-hydrogen) atoms. The second-order valence-corrected chi connectivity index (χ2v) is 6.38. The van der Waals surface area contributed by atoms with Gasteiger partial charge >= 0.3 is 0 Å². The van der Waals surface area contributed by atoms with E-state index in [1.165, 1.54) is 16.6 Å². The summed E-state index contributed by atoms with van der Waals surface area (Å²) in [7, 11) is -3.45. The van der Waals surface area contributed by atoms with Crippen molar-refractivity contribution in [1.82, 2.24) is 14.3 Å². The Balaban J connectivity index is 1.63. The molecule has 0 aromatic carbocycles. The maximum Gasteiger partial charge on any atom is 0.244 e. The van der Waals surface area contributed by atoms with Gasteiger partial charge in [0.1, 0.15) is 16.7 Å². The van der Waals surface area contributed by atoms with Gasteiger partial charge in [-0.1, -0.05) is 0 Å². The molecule has 104 valence electrons. The molecule has 1 aliphatic heterocycles. The lowest BCUT2D eigenvalue weighted by Crippen LogP contribution is -2.55. The first kappa shape index (κ1) is 13.0. The predicted octanol–water partition coefficient (Wildman–Crippen LogP) is 0.928. The molecule has 0 saturated carbocycles. The number of sulfonamides is 1. The lowest BCUT2D eigenvalue weighted by molar-refractivity contribution is 0.0758. The van der Waals surface area contributed by atoms with E-state index in [9.17, 15) is 8.42 Å². The van der Waals surface area contributed by atoms with E-state index < -0.39 is 10.0 Å². The van der Waals surface area contributed by atoms with E-state index in [1.54, 1.807) is 36.8 Å². The van der Waals surface area contributed by atoms with E-state index >= 15 is 0 Å². The fourth-order valence-corrected chi connectivity index (χ4v) is 3.40. The number of rotatable bonds is 4. The Morgan fingerprint density at radius 3 is 2.40 bits per heavy atom. The molecule has 0 unspecified atom stereocenters. The Morgan fingerprint density at radius 2 is 1.80 bits per heavy atom. The van der Waals surface area contributed by atoms with Gasteiger partial charge in [-0.2, -0.15) is 4.31 Å². The highest BCUT2D eigenvalue weighted by Gasteiger charge is 2.38. The summed E-state index contributed by atoms with van der Waals surface area (Å²) in [6.07, 6.45) is 6.03. The molecular weight excluding hydrogens is 278 g/mol. The second-order valence-electron chi connectivity index (χ2n) is 4.44. The second kappa shape index (κ2) is 5.18. The zero-order valence-electron chi connectivity index (χ0n) is 10.6. The third-order valence-corrected chi connectivity index (χ3v) is 4.84. The van der Waals surface area contributed by atoms with Crippen molar-refractivity contribution in [2.45, 2.75) is 11.0 Å². The standard InChI is InChI=1S/C13H13N3O3S/c17-20(18,13-4-2-6-15-8-13)16-9-12(10-16)19-11-3-1-5-14-7-11/h1-8,12H,9-10H2. The van der Waals surface area contributed by atoms with Crippen LogP contribution in [0.3, 0.4) is 0 Å². The minimum absolute atomic E-state index is 0.134. The van der Waals surface area contributed by atoms with E-state index in [4.69, 9.17) is 4.74 Å². The maximum atomic E-state index is 12.2. The van der Waals surface area contributed by atoms with Gasteiger partial charge in [0.2, 0.25) is 10.0 Å². The third-order valence-electron chi connectivity index (χ3n) is 3.02. The number of hydrogen-bond donors (Lipinski definition) is 0. The highest BCUT2D eigenvalue weighted by molar-refractivity contribution is 7.89. The summed E-state index contributed by atoms with van der Waals surface area (Å²) in [5, 5.41) is 0. The summed E-state index contributed by atoms with van der Waals surface area (Å²) in [4.78, 5) is 7.99. The highest BCUT2D eigenvalue weighted by atomic mass is 32.2. The van der Waals surface area contributed by atoms with Crippen LogP contribution in [0.15, 0.2) is 53.9 Å². The Bertz CT molecular complexity index is 671. The van der Waals surface area contributed by atoms with Gasteiger partial charge in [0.25, 0.3) is 0 Å². The minimum Gasteiger partial charge on any atom is -0.486 e. The van der Waals surface area contributed by atoms with Crippen LogP contribution >= 0.6 is 0 Å². The molecule has 0 spiro atoms. The normalized spacial score (nSPS) is 16.6. The first-order valence-corrected chi connectivity index (χ1v) is 7.57. The molecule has 3 heterocycles. The van der Waals surface area contributed by atoms with Gasteiger partial charge < -0.3 is 4.74 Å². The fraction of sp³-hybridized carbons (Fsp3) is 0.231. The molecule has 1 fully saturated rings. The van der Waals surface area contributed by atoms with Crippen molar-refractivity contribution >= 4 is 10.0 Å². The van der Waals surface area contributed by atoms with Crippen molar-refractivity contribution < 1.29 is 13.2 Å². The summed E-state index contributed by atoms with van der Waals surface area (Å²) in [5.74, 6) is 0.649. The van der Waals surface area contributed by atoms with E-state index in [-0.39, 0.29) is 11.0 Å². The van der Waals surface area contributed by atoms with Crippen LogP contribution in [0.1, 0.15) is 0 Å². The van der Waals surface area contributed by atoms with Crippen LogP contribution in [0, 0.1) is 0 Å². The Labute approximate surface area is 117 Å². The van der Waals surface area contributed by atoms with Gasteiger partial charge in [-0.15, -0.1) is 0 Å². The number of ether oxygens (including phenoxy) is 1. The zero-order valence-corrected chi connectivity index (χ0v) is 11.4. The van der Waals surface area contributed by atoms with Gasteiger partial charge in [-0.3, -0.25) is 9.97 Å². The third kappa shape index (κ3) is 2.50. The molecule has 0 N–H and O–H groups in total. The summed E-state index contributed by atoms with van der Waals surface area (Å²) >= 11 is 0. The van der Waals surface area contributed by atoms with Crippen LogP contribution in [-0.2, 0) is 10.0 Å².